The smallest absolute Gasteiger partial charge is 0.239 e. The summed E-state index contributed by atoms with van der Waals surface area (Å²) in [6.07, 6.45) is 8.10. The van der Waals surface area contributed by atoms with Crippen molar-refractivity contribution in [2.45, 2.75) is 64.8 Å². The second-order valence-corrected chi connectivity index (χ2v) is 7.93. The first-order valence-corrected chi connectivity index (χ1v) is 8.60. The quantitative estimate of drug-likeness (QED) is 0.607. The van der Waals surface area contributed by atoms with Gasteiger partial charge in [-0.2, -0.15) is 0 Å². The Balaban J connectivity index is 1.84. The highest BCUT2D eigenvalue weighted by Crippen LogP contribution is 2.43. The summed E-state index contributed by atoms with van der Waals surface area (Å²) in [7, 11) is 1.80. The van der Waals surface area contributed by atoms with Gasteiger partial charge < -0.3 is 15.5 Å². The molecule has 22 heavy (non-hydrogen) atoms. The van der Waals surface area contributed by atoms with Crippen LogP contribution in [0.5, 0.6) is 0 Å². The van der Waals surface area contributed by atoms with Crippen molar-refractivity contribution in [3.8, 4) is 0 Å². The lowest BCUT2D eigenvalue weighted by molar-refractivity contribution is -0.121. The molecule has 0 unspecified atom stereocenters. The molecule has 1 aliphatic heterocycles. The zero-order chi connectivity index (χ0) is 16.2. The van der Waals surface area contributed by atoms with Crippen LogP contribution in [-0.2, 0) is 4.79 Å². The Kier molecular flexibility index (Phi) is 5.35. The zero-order valence-corrected chi connectivity index (χ0v) is 14.7. The number of rotatable bonds is 2. The van der Waals surface area contributed by atoms with E-state index in [2.05, 4.69) is 20.5 Å². The van der Waals surface area contributed by atoms with E-state index in [4.69, 9.17) is 0 Å². The number of aliphatic imine (C=N–C) groups is 1. The molecule has 2 aliphatic rings. The summed E-state index contributed by atoms with van der Waals surface area (Å²) >= 11 is 0. The van der Waals surface area contributed by atoms with E-state index in [1.165, 1.54) is 38.5 Å². The number of nitrogens with zero attached hydrogens (tertiary/aromatic N) is 2. The standard InChI is InChI=1S/C17H32N4O/c1-16(2,3)20-14(22)12-19-15(18-4)21-11-10-17(13-21)8-6-5-7-9-17/h5-13H2,1-4H3,(H,18,19)(H,20,22). The highest BCUT2D eigenvalue weighted by Gasteiger charge is 2.39. The maximum absolute atomic E-state index is 11.9. The number of carbonyl (C=O) groups is 1. The van der Waals surface area contributed by atoms with Crippen molar-refractivity contribution in [2.24, 2.45) is 10.4 Å². The Morgan fingerprint density at radius 2 is 1.86 bits per heavy atom. The number of hydrogen-bond donors (Lipinski definition) is 2. The van der Waals surface area contributed by atoms with Gasteiger partial charge in [-0.1, -0.05) is 19.3 Å². The Labute approximate surface area is 134 Å². The highest BCUT2D eigenvalue weighted by atomic mass is 16.2. The Morgan fingerprint density at radius 3 is 2.45 bits per heavy atom. The lowest BCUT2D eigenvalue weighted by Gasteiger charge is -2.33. The molecule has 2 N–H and O–H groups in total. The summed E-state index contributed by atoms with van der Waals surface area (Å²) < 4.78 is 0. The van der Waals surface area contributed by atoms with Crippen LogP contribution >= 0.6 is 0 Å². The number of amides is 1. The van der Waals surface area contributed by atoms with E-state index in [-0.39, 0.29) is 18.0 Å². The Bertz CT molecular complexity index is 419. The lowest BCUT2D eigenvalue weighted by Crippen LogP contribution is -2.49. The van der Waals surface area contributed by atoms with Crippen LogP contribution in [0.25, 0.3) is 0 Å². The normalized spacial score (nSPS) is 22.0. The molecule has 0 radical (unpaired) electrons. The average molecular weight is 308 g/mol. The van der Waals surface area contributed by atoms with Gasteiger partial charge >= 0.3 is 0 Å². The largest absolute Gasteiger partial charge is 0.350 e. The Morgan fingerprint density at radius 1 is 1.18 bits per heavy atom. The number of guanidine groups is 1. The fourth-order valence-corrected chi connectivity index (χ4v) is 3.78. The SMILES string of the molecule is CN=C(NCC(=O)NC(C)(C)C)N1CCC2(CCCCC2)C1. The molecule has 1 saturated carbocycles. The molecule has 5 nitrogen and oxygen atoms in total. The molecule has 1 heterocycles. The molecule has 0 aromatic rings. The molecule has 2 fully saturated rings. The lowest BCUT2D eigenvalue weighted by atomic mass is 9.73. The summed E-state index contributed by atoms with van der Waals surface area (Å²) in [4.78, 5) is 18.6. The van der Waals surface area contributed by atoms with E-state index in [1.807, 2.05) is 20.8 Å². The van der Waals surface area contributed by atoms with Crippen molar-refractivity contribution in [2.75, 3.05) is 26.7 Å². The van der Waals surface area contributed by atoms with E-state index in [1.54, 1.807) is 7.05 Å². The summed E-state index contributed by atoms with van der Waals surface area (Å²) in [6.45, 7) is 8.41. The van der Waals surface area contributed by atoms with Crippen LogP contribution in [-0.4, -0.2) is 49.0 Å². The van der Waals surface area contributed by atoms with E-state index in [0.717, 1.165) is 19.0 Å². The summed E-state index contributed by atoms with van der Waals surface area (Å²) in [5.41, 5.74) is 0.311. The molecule has 0 aromatic carbocycles. The van der Waals surface area contributed by atoms with Crippen LogP contribution in [0.15, 0.2) is 4.99 Å². The maximum atomic E-state index is 11.9. The number of nitrogens with one attached hydrogen (secondary N) is 2. The molecular weight excluding hydrogens is 276 g/mol. The van der Waals surface area contributed by atoms with Crippen LogP contribution in [0.3, 0.4) is 0 Å². The van der Waals surface area contributed by atoms with Crippen LogP contribution in [0.4, 0.5) is 0 Å². The van der Waals surface area contributed by atoms with Gasteiger partial charge in [0.05, 0.1) is 6.54 Å². The van der Waals surface area contributed by atoms with Crippen molar-refractivity contribution in [1.29, 1.82) is 0 Å². The topological polar surface area (TPSA) is 56.7 Å². The van der Waals surface area contributed by atoms with E-state index in [0.29, 0.717) is 5.41 Å². The predicted molar refractivity (Wildman–Crippen MR) is 91.0 cm³/mol. The van der Waals surface area contributed by atoms with Crippen LogP contribution in [0.1, 0.15) is 59.3 Å². The molecule has 0 aromatic heterocycles. The van der Waals surface area contributed by atoms with Crippen molar-refractivity contribution in [3.63, 3.8) is 0 Å². The molecular formula is C17H32N4O. The number of hydrogen-bond acceptors (Lipinski definition) is 2. The van der Waals surface area contributed by atoms with Crippen LogP contribution in [0, 0.1) is 5.41 Å². The van der Waals surface area contributed by atoms with Gasteiger partial charge in [-0.25, -0.2) is 0 Å². The van der Waals surface area contributed by atoms with E-state index < -0.39 is 0 Å². The monoisotopic (exact) mass is 308 g/mol. The third-order valence-corrected chi connectivity index (χ3v) is 4.79. The fourth-order valence-electron chi connectivity index (χ4n) is 3.78. The van der Waals surface area contributed by atoms with Crippen LogP contribution in [0.2, 0.25) is 0 Å². The van der Waals surface area contributed by atoms with Gasteiger partial charge in [0.1, 0.15) is 0 Å². The van der Waals surface area contributed by atoms with Crippen molar-refractivity contribution in [1.82, 2.24) is 15.5 Å². The second-order valence-electron chi connectivity index (χ2n) is 7.93. The summed E-state index contributed by atoms with van der Waals surface area (Å²) in [5.74, 6) is 0.881. The first kappa shape index (κ1) is 17.1. The number of carbonyl (C=O) groups excluding carboxylic acids is 1. The molecule has 1 saturated heterocycles. The number of likely N-dealkylation sites (tertiary alicyclic amines) is 1. The molecule has 1 aliphatic carbocycles. The van der Waals surface area contributed by atoms with Gasteiger partial charge in [-0.05, 0) is 45.4 Å². The molecule has 126 valence electrons. The first-order chi connectivity index (χ1) is 10.3. The van der Waals surface area contributed by atoms with Gasteiger partial charge in [-0.3, -0.25) is 9.79 Å². The fraction of sp³-hybridized carbons (Fsp3) is 0.882. The second kappa shape index (κ2) is 6.88. The zero-order valence-electron chi connectivity index (χ0n) is 14.7. The van der Waals surface area contributed by atoms with E-state index in [9.17, 15) is 4.79 Å². The van der Waals surface area contributed by atoms with Gasteiger partial charge in [-0.15, -0.1) is 0 Å². The highest BCUT2D eigenvalue weighted by molar-refractivity contribution is 5.86. The molecule has 1 amide bonds. The minimum Gasteiger partial charge on any atom is -0.350 e. The third kappa shape index (κ3) is 4.62. The summed E-state index contributed by atoms with van der Waals surface area (Å²) in [5, 5.41) is 6.19. The minimum absolute atomic E-state index is 0.0141. The van der Waals surface area contributed by atoms with Gasteiger partial charge in [0.15, 0.2) is 5.96 Å². The summed E-state index contributed by atoms with van der Waals surface area (Å²) in [6, 6.07) is 0. The van der Waals surface area contributed by atoms with Gasteiger partial charge in [0.2, 0.25) is 5.91 Å². The molecule has 0 atom stereocenters. The van der Waals surface area contributed by atoms with Crippen molar-refractivity contribution >= 4 is 11.9 Å². The maximum Gasteiger partial charge on any atom is 0.239 e. The van der Waals surface area contributed by atoms with Crippen LogP contribution < -0.4 is 10.6 Å². The molecule has 5 heteroatoms. The Hall–Kier alpha value is -1.26. The van der Waals surface area contributed by atoms with Gasteiger partial charge in [0.25, 0.3) is 0 Å². The minimum atomic E-state index is -0.192. The molecule has 0 bridgehead atoms. The third-order valence-electron chi connectivity index (χ3n) is 4.79. The van der Waals surface area contributed by atoms with Crippen molar-refractivity contribution < 1.29 is 4.79 Å². The van der Waals surface area contributed by atoms with E-state index >= 15 is 0 Å². The average Bonchev–Trinajstić information content (AvgIpc) is 2.82. The predicted octanol–water partition coefficient (Wildman–Crippen LogP) is 2.13. The molecule has 2 rings (SSSR count). The first-order valence-electron chi connectivity index (χ1n) is 8.60. The van der Waals surface area contributed by atoms with Crippen molar-refractivity contribution in [3.05, 3.63) is 0 Å². The molecule has 1 spiro atoms. The van der Waals surface area contributed by atoms with Gasteiger partial charge in [0, 0.05) is 25.7 Å².